The first-order valence-electron chi connectivity index (χ1n) is 5.30. The minimum atomic E-state index is -0.866. The fourth-order valence-electron chi connectivity index (χ4n) is 1.56. The largest absolute Gasteiger partial charge is 0.386 e. The van der Waals surface area contributed by atoms with Crippen LogP contribution < -0.4 is 10.6 Å². The summed E-state index contributed by atoms with van der Waals surface area (Å²) in [5, 5.41) is 15.6. The van der Waals surface area contributed by atoms with Gasteiger partial charge >= 0.3 is 0 Å². The molecule has 3 N–H and O–H groups in total. The summed E-state index contributed by atoms with van der Waals surface area (Å²) in [5.74, 6) is -0.120. The predicted octanol–water partition coefficient (Wildman–Crippen LogP) is -0.890. The minimum absolute atomic E-state index is 0.0373. The van der Waals surface area contributed by atoms with E-state index in [4.69, 9.17) is 4.74 Å². The third-order valence-electron chi connectivity index (χ3n) is 2.63. The summed E-state index contributed by atoms with van der Waals surface area (Å²) in [5.41, 5.74) is -0.866. The molecular weight excluding hydrogens is 196 g/mol. The number of hydrogen-bond acceptors (Lipinski definition) is 4. The third-order valence-corrected chi connectivity index (χ3v) is 2.63. The molecular formula is C10H20N2O3. The molecule has 15 heavy (non-hydrogen) atoms. The van der Waals surface area contributed by atoms with E-state index in [0.29, 0.717) is 26.2 Å². The highest BCUT2D eigenvalue weighted by Gasteiger charge is 2.32. The lowest BCUT2D eigenvalue weighted by Gasteiger charge is -2.21. The summed E-state index contributed by atoms with van der Waals surface area (Å²) < 4.78 is 5.09. The van der Waals surface area contributed by atoms with E-state index in [1.807, 2.05) is 14.0 Å². The number of rotatable bonds is 5. The van der Waals surface area contributed by atoms with Crippen LogP contribution in [0.1, 0.15) is 13.3 Å². The monoisotopic (exact) mass is 216 g/mol. The van der Waals surface area contributed by atoms with Gasteiger partial charge in [-0.25, -0.2) is 0 Å². The topological polar surface area (TPSA) is 70.6 Å². The van der Waals surface area contributed by atoms with Gasteiger partial charge in [0.1, 0.15) is 5.60 Å². The molecule has 0 spiro atoms. The Balaban J connectivity index is 2.26. The maximum Gasteiger partial charge on any atom is 0.224 e. The molecule has 5 nitrogen and oxygen atoms in total. The SMILES string of the molecule is CNCC(C)C(=O)NCC1(O)CCOC1. The molecule has 0 aliphatic carbocycles. The van der Waals surface area contributed by atoms with Crippen molar-refractivity contribution >= 4 is 5.91 Å². The van der Waals surface area contributed by atoms with Crippen molar-refractivity contribution in [2.24, 2.45) is 5.92 Å². The maximum atomic E-state index is 11.5. The fourth-order valence-corrected chi connectivity index (χ4v) is 1.56. The van der Waals surface area contributed by atoms with Crippen molar-refractivity contribution in [3.8, 4) is 0 Å². The third kappa shape index (κ3) is 3.77. The summed E-state index contributed by atoms with van der Waals surface area (Å²) in [7, 11) is 1.81. The van der Waals surface area contributed by atoms with Gasteiger partial charge in [-0.3, -0.25) is 4.79 Å². The van der Waals surface area contributed by atoms with Gasteiger partial charge in [0.25, 0.3) is 0 Å². The van der Waals surface area contributed by atoms with Gasteiger partial charge in [-0.05, 0) is 7.05 Å². The molecule has 0 aromatic heterocycles. The van der Waals surface area contributed by atoms with E-state index in [0.717, 1.165) is 0 Å². The molecule has 0 radical (unpaired) electrons. The van der Waals surface area contributed by atoms with Gasteiger partial charge in [-0.2, -0.15) is 0 Å². The number of carbonyl (C=O) groups excluding carboxylic acids is 1. The van der Waals surface area contributed by atoms with E-state index in [2.05, 4.69) is 10.6 Å². The first-order valence-corrected chi connectivity index (χ1v) is 5.30. The number of hydrogen-bond donors (Lipinski definition) is 3. The van der Waals surface area contributed by atoms with Crippen LogP contribution in [0.5, 0.6) is 0 Å². The normalized spacial score (nSPS) is 27.7. The molecule has 5 heteroatoms. The van der Waals surface area contributed by atoms with E-state index >= 15 is 0 Å². The van der Waals surface area contributed by atoms with Gasteiger partial charge in [0.2, 0.25) is 5.91 Å². The number of carbonyl (C=O) groups is 1. The molecule has 1 rings (SSSR count). The zero-order valence-electron chi connectivity index (χ0n) is 9.38. The van der Waals surface area contributed by atoms with Crippen molar-refractivity contribution in [1.29, 1.82) is 0 Å². The summed E-state index contributed by atoms with van der Waals surface area (Å²) in [4.78, 5) is 11.5. The average Bonchev–Trinajstić information content (AvgIpc) is 2.63. The summed E-state index contributed by atoms with van der Waals surface area (Å²) in [6.07, 6.45) is 0.591. The molecule has 1 aliphatic heterocycles. The second-order valence-electron chi connectivity index (χ2n) is 4.20. The average molecular weight is 216 g/mol. The number of aliphatic hydroxyl groups is 1. The second-order valence-corrected chi connectivity index (χ2v) is 4.20. The van der Waals surface area contributed by atoms with Crippen LogP contribution in [0.2, 0.25) is 0 Å². The Morgan fingerprint density at radius 1 is 1.67 bits per heavy atom. The molecule has 0 aromatic rings. The van der Waals surface area contributed by atoms with Gasteiger partial charge < -0.3 is 20.5 Å². The van der Waals surface area contributed by atoms with Crippen molar-refractivity contribution in [2.75, 3.05) is 33.4 Å². The lowest BCUT2D eigenvalue weighted by molar-refractivity contribution is -0.125. The second kappa shape index (κ2) is 5.44. The van der Waals surface area contributed by atoms with Crippen molar-refractivity contribution < 1.29 is 14.6 Å². The molecule has 88 valence electrons. The Kier molecular flexibility index (Phi) is 4.50. The Morgan fingerprint density at radius 2 is 2.40 bits per heavy atom. The Morgan fingerprint density at radius 3 is 2.93 bits per heavy atom. The molecule has 1 saturated heterocycles. The summed E-state index contributed by atoms with van der Waals surface area (Å²) >= 11 is 0. The van der Waals surface area contributed by atoms with Gasteiger partial charge in [-0.1, -0.05) is 6.92 Å². The van der Waals surface area contributed by atoms with E-state index in [1.165, 1.54) is 0 Å². The van der Waals surface area contributed by atoms with Gasteiger partial charge in [0.05, 0.1) is 6.61 Å². The van der Waals surface area contributed by atoms with Crippen LogP contribution in [-0.4, -0.2) is 50.0 Å². The van der Waals surface area contributed by atoms with Crippen molar-refractivity contribution in [2.45, 2.75) is 18.9 Å². The first kappa shape index (κ1) is 12.4. The highest BCUT2D eigenvalue weighted by molar-refractivity contribution is 5.78. The van der Waals surface area contributed by atoms with E-state index in [1.54, 1.807) is 0 Å². The molecule has 1 aliphatic rings. The molecule has 1 heterocycles. The zero-order valence-corrected chi connectivity index (χ0v) is 9.38. The van der Waals surface area contributed by atoms with Gasteiger partial charge in [0, 0.05) is 32.0 Å². The Hall–Kier alpha value is -0.650. The van der Waals surface area contributed by atoms with Crippen LogP contribution >= 0.6 is 0 Å². The maximum absolute atomic E-state index is 11.5. The Labute approximate surface area is 90.2 Å². The molecule has 0 aromatic carbocycles. The number of amides is 1. The lowest BCUT2D eigenvalue weighted by Crippen LogP contribution is -2.45. The van der Waals surface area contributed by atoms with E-state index in [-0.39, 0.29) is 18.4 Å². The van der Waals surface area contributed by atoms with Crippen molar-refractivity contribution in [1.82, 2.24) is 10.6 Å². The molecule has 0 bridgehead atoms. The zero-order chi connectivity index (χ0) is 11.3. The van der Waals surface area contributed by atoms with Crippen LogP contribution in [-0.2, 0) is 9.53 Å². The fraction of sp³-hybridized carbons (Fsp3) is 0.900. The standard InChI is InChI=1S/C10H20N2O3/c1-8(5-11-2)9(13)12-6-10(14)3-4-15-7-10/h8,11,14H,3-7H2,1-2H3,(H,12,13). The quantitative estimate of drug-likeness (QED) is 0.557. The van der Waals surface area contributed by atoms with E-state index < -0.39 is 5.60 Å². The number of nitrogens with one attached hydrogen (secondary N) is 2. The van der Waals surface area contributed by atoms with Crippen LogP contribution in [0.15, 0.2) is 0 Å². The molecule has 1 amide bonds. The van der Waals surface area contributed by atoms with E-state index in [9.17, 15) is 9.90 Å². The Bertz CT molecular complexity index is 215. The lowest BCUT2D eigenvalue weighted by atomic mass is 10.0. The molecule has 0 saturated carbocycles. The smallest absolute Gasteiger partial charge is 0.224 e. The number of ether oxygens (including phenoxy) is 1. The first-order chi connectivity index (χ1) is 7.07. The minimum Gasteiger partial charge on any atom is -0.386 e. The molecule has 2 atom stereocenters. The van der Waals surface area contributed by atoms with Crippen LogP contribution in [0.25, 0.3) is 0 Å². The van der Waals surface area contributed by atoms with Crippen molar-refractivity contribution in [3.05, 3.63) is 0 Å². The highest BCUT2D eigenvalue weighted by Crippen LogP contribution is 2.16. The van der Waals surface area contributed by atoms with Crippen LogP contribution in [0.4, 0.5) is 0 Å². The summed E-state index contributed by atoms with van der Waals surface area (Å²) in [6.45, 7) is 3.65. The van der Waals surface area contributed by atoms with Gasteiger partial charge in [-0.15, -0.1) is 0 Å². The van der Waals surface area contributed by atoms with Crippen molar-refractivity contribution in [3.63, 3.8) is 0 Å². The van der Waals surface area contributed by atoms with Crippen LogP contribution in [0, 0.1) is 5.92 Å². The predicted molar refractivity (Wildman–Crippen MR) is 56.5 cm³/mol. The molecule has 1 fully saturated rings. The molecule has 2 unspecified atom stereocenters. The highest BCUT2D eigenvalue weighted by atomic mass is 16.5. The summed E-state index contributed by atoms with van der Waals surface area (Å²) in [6, 6.07) is 0. The van der Waals surface area contributed by atoms with Crippen LogP contribution in [0.3, 0.4) is 0 Å². The van der Waals surface area contributed by atoms with Gasteiger partial charge in [0.15, 0.2) is 0 Å².